The average Bonchev–Trinajstić information content (AvgIpc) is 2.33. The number of aryl methyl sites for hydroxylation is 1. The molecule has 0 fully saturated rings. The molecule has 1 aromatic heterocycles. The van der Waals surface area contributed by atoms with E-state index in [1.807, 2.05) is 0 Å². The van der Waals surface area contributed by atoms with Crippen LogP contribution in [0.15, 0.2) is 23.1 Å². The molecule has 0 radical (unpaired) electrons. The van der Waals surface area contributed by atoms with Crippen LogP contribution in [0.5, 0.6) is 0 Å². The second-order valence-corrected chi connectivity index (χ2v) is 6.38. The highest BCUT2D eigenvalue weighted by atomic mass is 31.2. The molecule has 3 atom stereocenters. The first-order valence-electron chi connectivity index (χ1n) is 5.94. The second-order valence-electron chi connectivity index (χ2n) is 4.70. The molecular formula is C11H16N3O5P. The van der Waals surface area contributed by atoms with Crippen molar-refractivity contribution in [2.75, 3.05) is 5.73 Å². The van der Waals surface area contributed by atoms with Gasteiger partial charge in [0.2, 0.25) is 0 Å². The predicted octanol–water partition coefficient (Wildman–Crippen LogP) is 0.154. The number of hydrogen-bond acceptors (Lipinski definition) is 5. The summed E-state index contributed by atoms with van der Waals surface area (Å²) in [5, 5.41) is 0. The Bertz CT molecular complexity index is 650. The zero-order chi connectivity index (χ0) is 15.1. The summed E-state index contributed by atoms with van der Waals surface area (Å²) in [4.78, 5) is 33.7. The number of anilines is 1. The van der Waals surface area contributed by atoms with Crippen molar-refractivity contribution < 1.29 is 19.1 Å². The fourth-order valence-electron chi connectivity index (χ4n) is 2.01. The zero-order valence-electron chi connectivity index (χ0n) is 11.0. The summed E-state index contributed by atoms with van der Waals surface area (Å²) in [5.74, 6) is -1.13. The van der Waals surface area contributed by atoms with Crippen LogP contribution in [-0.4, -0.2) is 31.3 Å². The van der Waals surface area contributed by atoms with Crippen molar-refractivity contribution in [2.45, 2.75) is 31.8 Å². The minimum atomic E-state index is -4.36. The van der Waals surface area contributed by atoms with Gasteiger partial charge in [-0.3, -0.25) is 9.13 Å². The van der Waals surface area contributed by atoms with Gasteiger partial charge >= 0.3 is 13.3 Å². The van der Waals surface area contributed by atoms with E-state index in [0.717, 1.165) is 0 Å². The highest BCUT2D eigenvalue weighted by molar-refractivity contribution is 7.52. The summed E-state index contributed by atoms with van der Waals surface area (Å²) in [6.07, 6.45) is 3.78. The molecule has 4 N–H and O–H groups in total. The maximum atomic E-state index is 11.8. The quantitative estimate of drug-likeness (QED) is 0.524. The molecule has 2 heterocycles. The number of rotatable bonds is 2. The molecule has 0 aromatic carbocycles. The highest BCUT2D eigenvalue weighted by Gasteiger charge is 2.35. The molecule has 1 aliphatic heterocycles. The van der Waals surface area contributed by atoms with Crippen LogP contribution in [0.4, 0.5) is 5.82 Å². The standard InChI is InChI=1S/C11H16N3O5P/c1-6-5-14(11(15)13-10(6)12)8-3-4-9(19-7(8)2)20(16,17)18/h3-5,7-9H,1-2H3,(H2,12,13,15)(H2,16,17,18)/t7-,8-,9+/m0/s1. The minimum absolute atomic E-state index is 0.160. The van der Waals surface area contributed by atoms with Gasteiger partial charge in [-0.1, -0.05) is 6.08 Å². The summed E-state index contributed by atoms with van der Waals surface area (Å²) in [5.41, 5.74) is 5.66. The van der Waals surface area contributed by atoms with Crippen LogP contribution in [0, 0.1) is 6.92 Å². The van der Waals surface area contributed by atoms with Crippen LogP contribution in [0.2, 0.25) is 0 Å². The first-order chi connectivity index (χ1) is 9.20. The van der Waals surface area contributed by atoms with Gasteiger partial charge in [0.1, 0.15) is 5.82 Å². The Balaban J connectivity index is 2.39. The Kier molecular flexibility index (Phi) is 3.84. The van der Waals surface area contributed by atoms with Crippen LogP contribution in [0.3, 0.4) is 0 Å². The van der Waals surface area contributed by atoms with Crippen LogP contribution in [0.25, 0.3) is 0 Å². The number of aromatic nitrogens is 2. The lowest BCUT2D eigenvalue weighted by Crippen LogP contribution is -2.37. The Morgan fingerprint density at radius 2 is 2.10 bits per heavy atom. The third-order valence-electron chi connectivity index (χ3n) is 3.13. The Labute approximate surface area is 115 Å². The van der Waals surface area contributed by atoms with E-state index in [1.54, 1.807) is 20.0 Å². The van der Waals surface area contributed by atoms with Gasteiger partial charge in [-0.05, 0) is 19.9 Å². The van der Waals surface area contributed by atoms with Crippen molar-refractivity contribution in [1.29, 1.82) is 0 Å². The van der Waals surface area contributed by atoms with E-state index in [4.69, 9.17) is 20.3 Å². The fourth-order valence-corrected chi connectivity index (χ4v) is 2.69. The van der Waals surface area contributed by atoms with Gasteiger partial charge in [0.05, 0.1) is 12.1 Å². The van der Waals surface area contributed by atoms with Crippen molar-refractivity contribution >= 4 is 13.4 Å². The van der Waals surface area contributed by atoms with E-state index in [2.05, 4.69) is 4.98 Å². The molecule has 110 valence electrons. The van der Waals surface area contributed by atoms with E-state index in [1.165, 1.54) is 16.7 Å². The molecule has 9 heteroatoms. The molecule has 1 aliphatic rings. The van der Waals surface area contributed by atoms with Crippen molar-refractivity contribution in [3.05, 3.63) is 34.4 Å². The summed E-state index contributed by atoms with van der Waals surface area (Å²) in [6, 6.07) is -0.489. The number of nitrogens with zero attached hydrogens (tertiary/aromatic N) is 2. The van der Waals surface area contributed by atoms with E-state index < -0.39 is 31.3 Å². The topological polar surface area (TPSA) is 128 Å². The summed E-state index contributed by atoms with van der Waals surface area (Å²) < 4.78 is 17.8. The van der Waals surface area contributed by atoms with E-state index in [9.17, 15) is 9.36 Å². The molecule has 0 amide bonds. The monoisotopic (exact) mass is 301 g/mol. The van der Waals surface area contributed by atoms with Crippen molar-refractivity contribution in [3.63, 3.8) is 0 Å². The summed E-state index contributed by atoms with van der Waals surface area (Å²) in [7, 11) is -4.36. The van der Waals surface area contributed by atoms with Gasteiger partial charge in [0, 0.05) is 11.8 Å². The van der Waals surface area contributed by atoms with E-state index in [0.29, 0.717) is 5.56 Å². The molecular weight excluding hydrogens is 285 g/mol. The van der Waals surface area contributed by atoms with Gasteiger partial charge in [0.25, 0.3) is 0 Å². The number of nitrogens with two attached hydrogens (primary N) is 1. The fraction of sp³-hybridized carbons (Fsp3) is 0.455. The van der Waals surface area contributed by atoms with Gasteiger partial charge in [0.15, 0.2) is 5.85 Å². The number of nitrogen functional groups attached to an aromatic ring is 1. The lowest BCUT2D eigenvalue weighted by molar-refractivity contribution is 0.0173. The van der Waals surface area contributed by atoms with Crippen LogP contribution in [0.1, 0.15) is 18.5 Å². The molecule has 1 aromatic rings. The average molecular weight is 301 g/mol. The van der Waals surface area contributed by atoms with Gasteiger partial charge < -0.3 is 20.3 Å². The predicted molar refractivity (Wildman–Crippen MR) is 72.2 cm³/mol. The zero-order valence-corrected chi connectivity index (χ0v) is 11.9. The Hall–Kier alpha value is -1.47. The lowest BCUT2D eigenvalue weighted by Gasteiger charge is -2.31. The molecule has 0 spiro atoms. The van der Waals surface area contributed by atoms with Crippen molar-refractivity contribution in [1.82, 2.24) is 9.55 Å². The second kappa shape index (κ2) is 5.14. The Morgan fingerprint density at radius 1 is 1.45 bits per heavy atom. The van der Waals surface area contributed by atoms with Crippen molar-refractivity contribution in [2.24, 2.45) is 0 Å². The largest absolute Gasteiger partial charge is 0.383 e. The molecule has 0 bridgehead atoms. The van der Waals surface area contributed by atoms with Crippen LogP contribution >= 0.6 is 7.60 Å². The van der Waals surface area contributed by atoms with Gasteiger partial charge in [-0.15, -0.1) is 0 Å². The Morgan fingerprint density at radius 3 is 2.65 bits per heavy atom. The van der Waals surface area contributed by atoms with E-state index in [-0.39, 0.29) is 5.82 Å². The molecule has 2 rings (SSSR count). The molecule has 0 saturated carbocycles. The van der Waals surface area contributed by atoms with Gasteiger partial charge in [-0.2, -0.15) is 4.98 Å². The SMILES string of the molecule is Cc1cn([C@H]2C=C[C@@H](P(=O)(O)O)O[C@H]2C)c(=O)nc1N. The number of ether oxygens (including phenoxy) is 1. The maximum Gasteiger partial charge on any atom is 0.357 e. The van der Waals surface area contributed by atoms with Crippen LogP contribution in [-0.2, 0) is 9.30 Å². The first kappa shape index (κ1) is 14.9. The molecule has 0 aliphatic carbocycles. The maximum absolute atomic E-state index is 11.8. The molecule has 8 nitrogen and oxygen atoms in total. The minimum Gasteiger partial charge on any atom is -0.383 e. The van der Waals surface area contributed by atoms with Gasteiger partial charge in [-0.25, -0.2) is 4.79 Å². The first-order valence-corrected chi connectivity index (χ1v) is 7.62. The smallest absolute Gasteiger partial charge is 0.357 e. The molecule has 20 heavy (non-hydrogen) atoms. The normalized spacial score (nSPS) is 26.7. The highest BCUT2D eigenvalue weighted by Crippen LogP contribution is 2.45. The van der Waals surface area contributed by atoms with E-state index >= 15 is 0 Å². The molecule has 0 unspecified atom stereocenters. The lowest BCUT2D eigenvalue weighted by atomic mass is 10.1. The molecule has 0 saturated heterocycles. The van der Waals surface area contributed by atoms with Crippen molar-refractivity contribution in [3.8, 4) is 0 Å². The third kappa shape index (κ3) is 2.83. The summed E-state index contributed by atoms with van der Waals surface area (Å²) >= 11 is 0. The third-order valence-corrected chi connectivity index (χ3v) is 4.09. The number of hydrogen-bond donors (Lipinski definition) is 3. The van der Waals surface area contributed by atoms with Crippen LogP contribution < -0.4 is 11.4 Å². The summed E-state index contributed by atoms with van der Waals surface area (Å²) in [6.45, 7) is 3.35.